The van der Waals surface area contributed by atoms with Gasteiger partial charge in [0.15, 0.2) is 5.96 Å². The first-order chi connectivity index (χ1) is 20.4. The standard InChI is InChI=1S/C29H38N8O6/c1-16(35-26(40)21(30)13-17-8-10-19(38)11-9-17)25(39)37-24(14-18-15-34-22-6-3-2-5-20(18)22)27(41)36-23(28(42)43)7-4-12-33-29(31)32/h2-3,5-6,8-11,15-16,21,23-24,34,38H,4,7,12-14,30H2,1H3,(H,35,40)(H,36,41)(H,37,39)(H,42,43)(H4,31,32,33). The number of carbonyl (C=O) groups is 4. The number of rotatable bonds is 15. The molecule has 3 aromatic rings. The van der Waals surface area contributed by atoms with E-state index in [9.17, 15) is 29.4 Å². The van der Waals surface area contributed by atoms with E-state index in [1.807, 2.05) is 24.3 Å². The highest BCUT2D eigenvalue weighted by Gasteiger charge is 2.29. The van der Waals surface area contributed by atoms with E-state index in [0.29, 0.717) is 6.42 Å². The van der Waals surface area contributed by atoms with Crippen LogP contribution in [0.5, 0.6) is 5.75 Å². The third-order valence-corrected chi connectivity index (χ3v) is 6.77. The maximum atomic E-state index is 13.4. The number of carbonyl (C=O) groups excluding carboxylic acids is 3. The summed E-state index contributed by atoms with van der Waals surface area (Å²) in [4.78, 5) is 58.1. The molecule has 0 aliphatic heterocycles. The summed E-state index contributed by atoms with van der Waals surface area (Å²) >= 11 is 0. The number of phenolic OH excluding ortho intramolecular Hbond substituents is 1. The number of carboxylic acids is 1. The SMILES string of the molecule is CC(NC(=O)C(N)Cc1ccc(O)cc1)C(=O)NC(Cc1c[nH]c2ccccc12)C(=O)NC(CCCN=C(N)N)C(=O)O. The zero-order valence-corrected chi connectivity index (χ0v) is 23.7. The molecular formula is C29H38N8O6. The molecule has 0 bridgehead atoms. The van der Waals surface area contributed by atoms with Crippen molar-refractivity contribution in [1.82, 2.24) is 20.9 Å². The number of aliphatic imine (C=N–C) groups is 1. The van der Waals surface area contributed by atoms with Gasteiger partial charge in [-0.15, -0.1) is 0 Å². The Morgan fingerprint density at radius 2 is 1.58 bits per heavy atom. The molecule has 12 N–H and O–H groups in total. The second-order valence-corrected chi connectivity index (χ2v) is 10.2. The Hall–Kier alpha value is -5.11. The molecule has 14 nitrogen and oxygen atoms in total. The average Bonchev–Trinajstić information content (AvgIpc) is 3.37. The Balaban J connectivity index is 1.71. The van der Waals surface area contributed by atoms with E-state index in [2.05, 4.69) is 25.9 Å². The minimum absolute atomic E-state index is 0.0446. The molecule has 0 fully saturated rings. The number of guanidine groups is 1. The van der Waals surface area contributed by atoms with Gasteiger partial charge in [-0.2, -0.15) is 0 Å². The van der Waals surface area contributed by atoms with Crippen molar-refractivity contribution in [3.8, 4) is 5.75 Å². The van der Waals surface area contributed by atoms with Crippen molar-refractivity contribution < 1.29 is 29.4 Å². The van der Waals surface area contributed by atoms with Crippen molar-refractivity contribution in [2.45, 2.75) is 56.8 Å². The van der Waals surface area contributed by atoms with E-state index in [4.69, 9.17) is 17.2 Å². The molecule has 4 atom stereocenters. The molecule has 1 heterocycles. The number of nitrogens with zero attached hydrogens (tertiary/aromatic N) is 1. The molecule has 3 amide bonds. The van der Waals surface area contributed by atoms with Gasteiger partial charge in [0.05, 0.1) is 6.04 Å². The normalized spacial score (nSPS) is 13.7. The van der Waals surface area contributed by atoms with Gasteiger partial charge < -0.3 is 48.3 Å². The monoisotopic (exact) mass is 594 g/mol. The molecule has 0 saturated carbocycles. The van der Waals surface area contributed by atoms with E-state index >= 15 is 0 Å². The maximum absolute atomic E-state index is 13.4. The van der Waals surface area contributed by atoms with Crippen LogP contribution in [0.1, 0.15) is 30.9 Å². The Morgan fingerprint density at radius 1 is 0.907 bits per heavy atom. The molecule has 0 aliphatic carbocycles. The zero-order valence-electron chi connectivity index (χ0n) is 23.7. The van der Waals surface area contributed by atoms with Crippen LogP contribution in [-0.4, -0.2) is 75.6 Å². The number of aromatic amines is 1. The quantitative estimate of drug-likeness (QED) is 0.0629. The van der Waals surface area contributed by atoms with Crippen LogP contribution in [0.4, 0.5) is 0 Å². The summed E-state index contributed by atoms with van der Waals surface area (Å²) in [7, 11) is 0. The van der Waals surface area contributed by atoms with Gasteiger partial charge >= 0.3 is 5.97 Å². The Kier molecular flexibility index (Phi) is 11.5. The summed E-state index contributed by atoms with van der Waals surface area (Å²) in [6, 6.07) is 9.19. The number of aromatic nitrogens is 1. The number of amides is 3. The van der Waals surface area contributed by atoms with Crippen molar-refractivity contribution in [3.05, 3.63) is 65.9 Å². The number of benzene rings is 2. The molecule has 43 heavy (non-hydrogen) atoms. The molecule has 0 spiro atoms. The van der Waals surface area contributed by atoms with Crippen LogP contribution >= 0.6 is 0 Å². The van der Waals surface area contributed by atoms with Crippen molar-refractivity contribution in [1.29, 1.82) is 0 Å². The van der Waals surface area contributed by atoms with Crippen molar-refractivity contribution in [2.75, 3.05) is 6.54 Å². The number of aromatic hydroxyl groups is 1. The van der Waals surface area contributed by atoms with E-state index in [0.717, 1.165) is 22.0 Å². The van der Waals surface area contributed by atoms with Gasteiger partial charge in [0.2, 0.25) is 17.7 Å². The second kappa shape index (κ2) is 15.2. The van der Waals surface area contributed by atoms with Crippen molar-refractivity contribution >= 4 is 40.6 Å². The highest BCUT2D eigenvalue weighted by atomic mass is 16.4. The lowest BCUT2D eigenvalue weighted by Gasteiger charge is -2.24. The summed E-state index contributed by atoms with van der Waals surface area (Å²) in [6.07, 6.45) is 2.28. The molecule has 0 radical (unpaired) electrons. The Labute approximate surface area is 248 Å². The van der Waals surface area contributed by atoms with Gasteiger partial charge in [-0.05, 0) is 55.5 Å². The fraction of sp³-hybridized carbons (Fsp3) is 0.345. The first-order valence-electron chi connectivity index (χ1n) is 13.7. The van der Waals surface area contributed by atoms with Crippen LogP contribution in [-0.2, 0) is 32.0 Å². The van der Waals surface area contributed by atoms with Crippen molar-refractivity contribution in [3.63, 3.8) is 0 Å². The second-order valence-electron chi connectivity index (χ2n) is 10.2. The molecule has 2 aromatic carbocycles. The summed E-state index contributed by atoms with van der Waals surface area (Å²) in [5.41, 5.74) is 18.9. The first kappa shape index (κ1) is 32.4. The number of H-pyrrole nitrogens is 1. The third kappa shape index (κ3) is 9.74. The van der Waals surface area contributed by atoms with Crippen molar-refractivity contribution in [2.24, 2.45) is 22.2 Å². The smallest absolute Gasteiger partial charge is 0.326 e. The number of hydrogen-bond acceptors (Lipinski definition) is 7. The lowest BCUT2D eigenvalue weighted by Crippen LogP contribution is -2.57. The van der Waals surface area contributed by atoms with Crippen LogP contribution in [0.15, 0.2) is 59.7 Å². The van der Waals surface area contributed by atoms with Gasteiger partial charge in [0.25, 0.3) is 0 Å². The molecule has 230 valence electrons. The number of hydrogen-bond donors (Lipinski definition) is 9. The number of fused-ring (bicyclic) bond motifs is 1. The molecule has 14 heteroatoms. The predicted octanol–water partition coefficient (Wildman–Crippen LogP) is -0.401. The summed E-state index contributed by atoms with van der Waals surface area (Å²) in [5, 5.41) is 27.7. The van der Waals surface area contributed by atoms with E-state index in [1.54, 1.807) is 18.3 Å². The lowest BCUT2D eigenvalue weighted by atomic mass is 10.0. The molecule has 3 rings (SSSR count). The number of carboxylic acid groups (broad SMARTS) is 1. The van der Waals surface area contributed by atoms with Crippen LogP contribution in [0.2, 0.25) is 0 Å². The summed E-state index contributed by atoms with van der Waals surface area (Å²) in [5.74, 6) is -3.25. The highest BCUT2D eigenvalue weighted by molar-refractivity contribution is 5.94. The number of phenols is 1. The van der Waals surface area contributed by atoms with Crippen LogP contribution in [0.25, 0.3) is 10.9 Å². The van der Waals surface area contributed by atoms with Gasteiger partial charge in [-0.1, -0.05) is 30.3 Å². The molecule has 1 aromatic heterocycles. The molecule has 0 aliphatic rings. The lowest BCUT2D eigenvalue weighted by molar-refractivity contribution is -0.142. The van der Waals surface area contributed by atoms with Gasteiger partial charge in [0.1, 0.15) is 23.9 Å². The fourth-order valence-corrected chi connectivity index (χ4v) is 4.42. The number of para-hydroxylation sites is 1. The van der Waals surface area contributed by atoms with Crippen LogP contribution in [0.3, 0.4) is 0 Å². The van der Waals surface area contributed by atoms with Gasteiger partial charge in [0, 0.05) is 30.1 Å². The zero-order chi connectivity index (χ0) is 31.5. The first-order valence-corrected chi connectivity index (χ1v) is 13.7. The van der Waals surface area contributed by atoms with E-state index in [-0.39, 0.29) is 37.5 Å². The Bertz CT molecular complexity index is 1450. The van der Waals surface area contributed by atoms with E-state index in [1.165, 1.54) is 19.1 Å². The fourth-order valence-electron chi connectivity index (χ4n) is 4.42. The van der Waals surface area contributed by atoms with E-state index < -0.39 is 47.9 Å². The minimum Gasteiger partial charge on any atom is -0.508 e. The average molecular weight is 595 g/mol. The maximum Gasteiger partial charge on any atom is 0.326 e. The molecule has 4 unspecified atom stereocenters. The largest absolute Gasteiger partial charge is 0.508 e. The third-order valence-electron chi connectivity index (χ3n) is 6.77. The number of nitrogens with one attached hydrogen (secondary N) is 4. The predicted molar refractivity (Wildman–Crippen MR) is 161 cm³/mol. The van der Waals surface area contributed by atoms with Gasteiger partial charge in [-0.25, -0.2) is 4.79 Å². The highest BCUT2D eigenvalue weighted by Crippen LogP contribution is 2.19. The van der Waals surface area contributed by atoms with Gasteiger partial charge in [-0.3, -0.25) is 19.4 Å². The number of aliphatic carboxylic acids is 1. The topological polar surface area (TPSA) is 251 Å². The summed E-state index contributed by atoms with van der Waals surface area (Å²) in [6.45, 7) is 1.63. The molecular weight excluding hydrogens is 556 g/mol. The number of nitrogens with two attached hydrogens (primary N) is 3. The van der Waals surface area contributed by atoms with Crippen LogP contribution < -0.4 is 33.2 Å². The molecule has 0 saturated heterocycles. The van der Waals surface area contributed by atoms with Crippen LogP contribution in [0, 0.1) is 0 Å². The Morgan fingerprint density at radius 3 is 2.26 bits per heavy atom. The summed E-state index contributed by atoms with van der Waals surface area (Å²) < 4.78 is 0. The minimum atomic E-state index is -1.25.